The largest absolute Gasteiger partial charge is 0.454 e. The van der Waals surface area contributed by atoms with Gasteiger partial charge in [-0.3, -0.25) is 19.6 Å². The van der Waals surface area contributed by atoms with Gasteiger partial charge in [-0.15, -0.1) is 0 Å². The van der Waals surface area contributed by atoms with Gasteiger partial charge in [0.25, 0.3) is 11.6 Å². The molecule has 1 saturated heterocycles. The zero-order valence-corrected chi connectivity index (χ0v) is 17.6. The molecule has 1 fully saturated rings. The summed E-state index contributed by atoms with van der Waals surface area (Å²) in [6.07, 6.45) is -9.52. The zero-order valence-electron chi connectivity index (χ0n) is 17.6. The number of carbonyl (C=O) groups excluding carboxylic acids is 1. The van der Waals surface area contributed by atoms with Gasteiger partial charge in [-0.25, -0.2) is 0 Å². The van der Waals surface area contributed by atoms with E-state index < -0.39 is 42.6 Å². The molecule has 0 bridgehead atoms. The fourth-order valence-electron chi connectivity index (χ4n) is 4.01. The van der Waals surface area contributed by atoms with Gasteiger partial charge in [0, 0.05) is 45.1 Å². The highest BCUT2D eigenvalue weighted by Gasteiger charge is 2.75. The van der Waals surface area contributed by atoms with E-state index in [1.54, 1.807) is 23.1 Å². The lowest BCUT2D eigenvalue weighted by Crippen LogP contribution is -2.78. The Labute approximate surface area is 190 Å². The SMILES string of the molecule is O=C(NC(N1CCN(Cc2ccc3c(c2)OCO3)CC1)(C(F)(F)F)C(F)(F)F)c1cccnc1. The minimum atomic E-state index is -5.83. The van der Waals surface area contributed by atoms with Crippen molar-refractivity contribution in [3.63, 3.8) is 0 Å². The number of piperazine rings is 1. The molecule has 184 valence electrons. The molecule has 0 aliphatic carbocycles. The Hall–Kier alpha value is -3.06. The van der Waals surface area contributed by atoms with E-state index in [1.165, 1.54) is 17.6 Å². The fourth-order valence-corrected chi connectivity index (χ4v) is 4.01. The maximum absolute atomic E-state index is 14.1. The second-order valence-corrected chi connectivity index (χ2v) is 7.85. The average Bonchev–Trinajstić information content (AvgIpc) is 3.25. The van der Waals surface area contributed by atoms with Gasteiger partial charge in [-0.1, -0.05) is 6.07 Å². The Morgan fingerprint density at radius 2 is 1.65 bits per heavy atom. The molecule has 34 heavy (non-hydrogen) atoms. The molecular weight excluding hydrogens is 470 g/mol. The third kappa shape index (κ3) is 4.49. The summed E-state index contributed by atoms with van der Waals surface area (Å²) < 4.78 is 95.0. The summed E-state index contributed by atoms with van der Waals surface area (Å²) in [5.74, 6) is -0.425. The summed E-state index contributed by atoms with van der Waals surface area (Å²) in [5, 5.41) is 1.24. The zero-order chi connectivity index (χ0) is 24.6. The Bertz CT molecular complexity index is 1010. The molecule has 0 unspecified atom stereocenters. The average molecular weight is 490 g/mol. The Kier molecular flexibility index (Phi) is 6.34. The van der Waals surface area contributed by atoms with Crippen LogP contribution in [0.25, 0.3) is 0 Å². The number of rotatable bonds is 5. The molecule has 7 nitrogen and oxygen atoms in total. The smallest absolute Gasteiger partial charge is 0.434 e. The summed E-state index contributed by atoms with van der Waals surface area (Å²) in [6, 6.07) is 7.50. The Morgan fingerprint density at radius 1 is 0.971 bits per heavy atom. The standard InChI is InChI=1S/C21H20F6N4O3/c22-20(23,24)19(21(25,26)27,29-18(32)15-2-1-5-28-11-15)31-8-6-30(7-9-31)12-14-3-4-16-17(10-14)34-13-33-16/h1-5,10-11H,6-9,12-13H2,(H,29,32). The van der Waals surface area contributed by atoms with Crippen LogP contribution in [0.4, 0.5) is 26.3 Å². The number of benzene rings is 1. The van der Waals surface area contributed by atoms with Crippen LogP contribution >= 0.6 is 0 Å². The summed E-state index contributed by atoms with van der Waals surface area (Å²) >= 11 is 0. The van der Waals surface area contributed by atoms with Crippen molar-refractivity contribution in [1.82, 2.24) is 20.1 Å². The summed E-state index contributed by atoms with van der Waals surface area (Å²) in [5.41, 5.74) is -4.18. The first-order chi connectivity index (χ1) is 16.0. The predicted molar refractivity (Wildman–Crippen MR) is 106 cm³/mol. The first-order valence-electron chi connectivity index (χ1n) is 10.2. The number of halogens is 6. The number of nitrogens with one attached hydrogen (secondary N) is 1. The number of carbonyl (C=O) groups is 1. The lowest BCUT2D eigenvalue weighted by atomic mass is 10.0. The van der Waals surface area contributed by atoms with Crippen molar-refractivity contribution >= 4 is 5.91 Å². The molecule has 0 radical (unpaired) electrons. The topological polar surface area (TPSA) is 66.9 Å². The van der Waals surface area contributed by atoms with Crippen molar-refractivity contribution in [2.45, 2.75) is 24.6 Å². The van der Waals surface area contributed by atoms with Crippen LogP contribution in [0, 0.1) is 0 Å². The van der Waals surface area contributed by atoms with Crippen LogP contribution in [-0.2, 0) is 6.54 Å². The summed E-state index contributed by atoms with van der Waals surface area (Å²) in [6.45, 7) is -0.916. The van der Waals surface area contributed by atoms with Gasteiger partial charge in [0.15, 0.2) is 11.5 Å². The molecule has 2 aromatic rings. The van der Waals surface area contributed by atoms with Crippen molar-refractivity contribution < 1.29 is 40.6 Å². The van der Waals surface area contributed by atoms with Gasteiger partial charge in [0.1, 0.15) is 0 Å². The normalized spacial score (nSPS) is 17.6. The number of alkyl halides is 6. The van der Waals surface area contributed by atoms with Crippen LogP contribution in [0.2, 0.25) is 0 Å². The van der Waals surface area contributed by atoms with Gasteiger partial charge < -0.3 is 14.8 Å². The van der Waals surface area contributed by atoms with Crippen LogP contribution in [0.5, 0.6) is 11.5 Å². The van der Waals surface area contributed by atoms with Crippen molar-refractivity contribution in [2.24, 2.45) is 0 Å². The number of aromatic nitrogens is 1. The number of ether oxygens (including phenoxy) is 2. The minimum absolute atomic E-state index is 0.0783. The van der Waals surface area contributed by atoms with E-state index in [-0.39, 0.29) is 24.8 Å². The van der Waals surface area contributed by atoms with Gasteiger partial charge in [-0.2, -0.15) is 26.3 Å². The molecule has 1 N–H and O–H groups in total. The number of pyridine rings is 1. The van der Waals surface area contributed by atoms with Gasteiger partial charge in [0.2, 0.25) is 6.79 Å². The molecule has 13 heteroatoms. The molecule has 2 aliphatic heterocycles. The maximum atomic E-state index is 14.1. The Balaban J connectivity index is 1.52. The van der Waals surface area contributed by atoms with E-state index in [0.29, 0.717) is 18.0 Å². The highest BCUT2D eigenvalue weighted by molar-refractivity contribution is 5.94. The molecule has 2 aliphatic rings. The lowest BCUT2D eigenvalue weighted by Gasteiger charge is -2.48. The van der Waals surface area contributed by atoms with Crippen LogP contribution in [-0.4, -0.2) is 71.7 Å². The molecule has 3 heterocycles. The molecular formula is C21H20F6N4O3. The molecule has 0 atom stereocenters. The van der Waals surface area contributed by atoms with Gasteiger partial charge in [-0.05, 0) is 29.8 Å². The fraction of sp³-hybridized carbons (Fsp3) is 0.429. The van der Waals surface area contributed by atoms with E-state index in [0.717, 1.165) is 17.8 Å². The molecule has 1 aromatic heterocycles. The second-order valence-electron chi connectivity index (χ2n) is 7.85. The van der Waals surface area contributed by atoms with E-state index in [4.69, 9.17) is 9.47 Å². The van der Waals surface area contributed by atoms with Crippen LogP contribution in [0.15, 0.2) is 42.7 Å². The lowest BCUT2D eigenvalue weighted by molar-refractivity contribution is -0.350. The van der Waals surface area contributed by atoms with E-state index in [9.17, 15) is 31.1 Å². The van der Waals surface area contributed by atoms with Crippen molar-refractivity contribution in [3.8, 4) is 11.5 Å². The van der Waals surface area contributed by atoms with E-state index in [1.807, 2.05) is 0 Å². The quantitative estimate of drug-likeness (QED) is 0.650. The first-order valence-corrected chi connectivity index (χ1v) is 10.2. The highest BCUT2D eigenvalue weighted by atomic mass is 19.4. The molecule has 1 amide bonds. The van der Waals surface area contributed by atoms with Crippen molar-refractivity contribution in [3.05, 3.63) is 53.9 Å². The molecule has 0 saturated carbocycles. The third-order valence-corrected chi connectivity index (χ3v) is 5.73. The van der Waals surface area contributed by atoms with E-state index >= 15 is 0 Å². The molecule has 0 spiro atoms. The van der Waals surface area contributed by atoms with Gasteiger partial charge in [0.05, 0.1) is 5.56 Å². The second kappa shape index (κ2) is 8.95. The number of hydrogen-bond donors (Lipinski definition) is 1. The minimum Gasteiger partial charge on any atom is -0.454 e. The van der Waals surface area contributed by atoms with Crippen LogP contribution in [0.3, 0.4) is 0 Å². The monoisotopic (exact) mass is 490 g/mol. The van der Waals surface area contributed by atoms with Crippen molar-refractivity contribution in [2.75, 3.05) is 33.0 Å². The number of hydrogen-bond acceptors (Lipinski definition) is 6. The van der Waals surface area contributed by atoms with E-state index in [2.05, 4.69) is 4.98 Å². The predicted octanol–water partition coefficient (Wildman–Crippen LogP) is 3.18. The summed E-state index contributed by atoms with van der Waals surface area (Å²) in [7, 11) is 0. The number of fused-ring (bicyclic) bond motifs is 1. The molecule has 1 aromatic carbocycles. The van der Waals surface area contributed by atoms with Crippen LogP contribution < -0.4 is 14.8 Å². The third-order valence-electron chi connectivity index (χ3n) is 5.73. The maximum Gasteiger partial charge on any atom is 0.434 e. The first kappa shape index (κ1) is 24.1. The van der Waals surface area contributed by atoms with Crippen molar-refractivity contribution in [1.29, 1.82) is 0 Å². The highest BCUT2D eigenvalue weighted by Crippen LogP contribution is 2.46. The van der Waals surface area contributed by atoms with Gasteiger partial charge >= 0.3 is 12.4 Å². The summed E-state index contributed by atoms with van der Waals surface area (Å²) in [4.78, 5) is 17.9. The Morgan fingerprint density at radius 3 is 2.26 bits per heavy atom. The number of nitrogens with zero attached hydrogens (tertiary/aromatic N) is 3. The number of amides is 1. The van der Waals surface area contributed by atoms with Crippen LogP contribution in [0.1, 0.15) is 15.9 Å². The molecule has 4 rings (SSSR count).